The second-order valence-electron chi connectivity index (χ2n) is 7.04. The summed E-state index contributed by atoms with van der Waals surface area (Å²) >= 11 is 0. The highest BCUT2D eigenvalue weighted by molar-refractivity contribution is 5.69. The zero-order valence-corrected chi connectivity index (χ0v) is 15.6. The van der Waals surface area contributed by atoms with Gasteiger partial charge in [-0.3, -0.25) is 9.99 Å². The molecular weight excluding hydrogens is 316 g/mol. The summed E-state index contributed by atoms with van der Waals surface area (Å²) in [5, 5.41) is 6.24. The quantitative estimate of drug-likeness (QED) is 0.603. The maximum Gasteiger partial charge on any atom is 0.410 e. The zero-order chi connectivity index (χ0) is 18.3. The monoisotopic (exact) mass is 344 g/mol. The average molecular weight is 344 g/mol. The van der Waals surface area contributed by atoms with Crippen molar-refractivity contribution in [3.05, 3.63) is 36.3 Å². The number of rotatable bonds is 5. The molecule has 1 aliphatic rings. The average Bonchev–Trinajstić information content (AvgIpc) is 3.00. The third-order valence-electron chi connectivity index (χ3n) is 3.77. The Morgan fingerprint density at radius 3 is 2.92 bits per heavy atom. The van der Waals surface area contributed by atoms with Gasteiger partial charge in [-0.2, -0.15) is 5.10 Å². The standard InChI is InChI=1S/C19H28N4O2/c1-5-21-22(14-11-16-9-6-7-12-20-16)15-17-10-8-13-23(17)18(24)25-19(2,3)4/h5-7,9,11-12,14,17H,8,10,13,15H2,1-4H3/b14-11+,21-5-/t17-/m0/s1. The first-order valence-electron chi connectivity index (χ1n) is 8.73. The lowest BCUT2D eigenvalue weighted by Crippen LogP contribution is -2.43. The summed E-state index contributed by atoms with van der Waals surface area (Å²) in [4.78, 5) is 18.5. The minimum absolute atomic E-state index is 0.0898. The number of hydrazone groups is 1. The molecule has 1 fully saturated rings. The normalized spacial score (nSPS) is 18.2. The Kier molecular flexibility index (Phi) is 6.56. The lowest BCUT2D eigenvalue weighted by molar-refractivity contribution is 0.0208. The van der Waals surface area contributed by atoms with E-state index in [9.17, 15) is 4.79 Å². The predicted octanol–water partition coefficient (Wildman–Crippen LogP) is 3.76. The predicted molar refractivity (Wildman–Crippen MR) is 100 cm³/mol. The fraction of sp³-hybridized carbons (Fsp3) is 0.526. The van der Waals surface area contributed by atoms with Gasteiger partial charge < -0.3 is 9.64 Å². The van der Waals surface area contributed by atoms with E-state index in [4.69, 9.17) is 4.74 Å². The number of likely N-dealkylation sites (tertiary alicyclic amines) is 1. The molecule has 1 amide bonds. The Hall–Kier alpha value is -2.37. The van der Waals surface area contributed by atoms with Crippen molar-refractivity contribution in [2.45, 2.75) is 52.2 Å². The minimum Gasteiger partial charge on any atom is -0.444 e. The van der Waals surface area contributed by atoms with Crippen LogP contribution in [-0.2, 0) is 4.74 Å². The highest BCUT2D eigenvalue weighted by Gasteiger charge is 2.32. The topological polar surface area (TPSA) is 58.0 Å². The molecule has 0 N–H and O–H groups in total. The molecule has 2 rings (SSSR count). The molecule has 0 aliphatic carbocycles. The number of aromatic nitrogens is 1. The Bertz CT molecular complexity index is 608. The van der Waals surface area contributed by atoms with Crippen molar-refractivity contribution in [1.82, 2.24) is 14.9 Å². The molecule has 2 heterocycles. The van der Waals surface area contributed by atoms with Gasteiger partial charge in [0.15, 0.2) is 0 Å². The first kappa shape index (κ1) is 19.0. The van der Waals surface area contributed by atoms with Gasteiger partial charge in [0.25, 0.3) is 0 Å². The molecule has 1 aromatic heterocycles. The van der Waals surface area contributed by atoms with Crippen LogP contribution in [-0.4, -0.2) is 51.9 Å². The SMILES string of the molecule is C/C=N\N(/C=C/c1ccccn1)C[C@@H]1CCCN1C(=O)OC(C)(C)C. The second-order valence-corrected chi connectivity index (χ2v) is 7.04. The molecule has 6 heteroatoms. The summed E-state index contributed by atoms with van der Waals surface area (Å²) in [6, 6.07) is 5.86. The number of amides is 1. The number of hydrogen-bond acceptors (Lipinski definition) is 5. The molecule has 0 unspecified atom stereocenters. The van der Waals surface area contributed by atoms with Crippen molar-refractivity contribution in [2.75, 3.05) is 13.1 Å². The van der Waals surface area contributed by atoms with Gasteiger partial charge in [0.05, 0.1) is 18.3 Å². The maximum absolute atomic E-state index is 12.4. The Balaban J connectivity index is 2.02. The molecule has 1 aliphatic heterocycles. The van der Waals surface area contributed by atoms with E-state index < -0.39 is 5.60 Å². The first-order valence-corrected chi connectivity index (χ1v) is 8.73. The Morgan fingerprint density at radius 2 is 2.28 bits per heavy atom. The number of nitrogens with zero attached hydrogens (tertiary/aromatic N) is 4. The van der Waals surface area contributed by atoms with Gasteiger partial charge in [-0.15, -0.1) is 0 Å². The maximum atomic E-state index is 12.4. The Labute approximate surface area is 150 Å². The van der Waals surface area contributed by atoms with E-state index in [1.54, 1.807) is 12.4 Å². The fourth-order valence-corrected chi connectivity index (χ4v) is 2.73. The van der Waals surface area contributed by atoms with E-state index >= 15 is 0 Å². The van der Waals surface area contributed by atoms with E-state index in [1.165, 1.54) is 0 Å². The van der Waals surface area contributed by atoms with Crippen LogP contribution < -0.4 is 0 Å². The molecule has 0 spiro atoms. The summed E-state index contributed by atoms with van der Waals surface area (Å²) in [5.74, 6) is 0. The van der Waals surface area contributed by atoms with Crippen molar-refractivity contribution in [3.63, 3.8) is 0 Å². The summed E-state index contributed by atoms with van der Waals surface area (Å²) in [7, 11) is 0. The van der Waals surface area contributed by atoms with E-state index in [0.29, 0.717) is 6.54 Å². The molecule has 6 nitrogen and oxygen atoms in total. The van der Waals surface area contributed by atoms with E-state index in [0.717, 1.165) is 25.1 Å². The fourth-order valence-electron chi connectivity index (χ4n) is 2.73. The van der Waals surface area contributed by atoms with Crippen LogP contribution in [0.4, 0.5) is 4.79 Å². The van der Waals surface area contributed by atoms with Crippen LogP contribution in [0.3, 0.4) is 0 Å². The molecule has 1 atom stereocenters. The van der Waals surface area contributed by atoms with Crippen LogP contribution in [0.1, 0.15) is 46.2 Å². The van der Waals surface area contributed by atoms with Crippen LogP contribution in [0.2, 0.25) is 0 Å². The van der Waals surface area contributed by atoms with E-state index in [-0.39, 0.29) is 12.1 Å². The van der Waals surface area contributed by atoms with Crippen molar-refractivity contribution in [3.8, 4) is 0 Å². The molecule has 1 aromatic rings. The summed E-state index contributed by atoms with van der Waals surface area (Å²) in [6.07, 6.45) is 9.01. The van der Waals surface area contributed by atoms with Crippen molar-refractivity contribution < 1.29 is 9.53 Å². The molecule has 25 heavy (non-hydrogen) atoms. The van der Waals surface area contributed by atoms with Gasteiger partial charge in [0.1, 0.15) is 5.60 Å². The third kappa shape index (κ3) is 6.21. The van der Waals surface area contributed by atoms with Crippen molar-refractivity contribution in [2.24, 2.45) is 5.10 Å². The highest BCUT2D eigenvalue weighted by Crippen LogP contribution is 2.22. The van der Waals surface area contributed by atoms with Crippen LogP contribution in [0.15, 0.2) is 35.7 Å². The molecule has 1 saturated heterocycles. The van der Waals surface area contributed by atoms with Crippen LogP contribution >= 0.6 is 0 Å². The number of ether oxygens (including phenoxy) is 1. The molecule has 0 radical (unpaired) electrons. The first-order chi connectivity index (χ1) is 11.9. The minimum atomic E-state index is -0.482. The molecule has 0 aromatic carbocycles. The van der Waals surface area contributed by atoms with E-state index in [2.05, 4.69) is 10.1 Å². The van der Waals surface area contributed by atoms with Gasteiger partial charge in [-0.1, -0.05) is 6.07 Å². The number of pyridine rings is 1. The third-order valence-corrected chi connectivity index (χ3v) is 3.77. The van der Waals surface area contributed by atoms with Crippen LogP contribution in [0.5, 0.6) is 0 Å². The number of hydrogen-bond donors (Lipinski definition) is 0. The van der Waals surface area contributed by atoms with E-state index in [1.807, 2.05) is 68.1 Å². The van der Waals surface area contributed by atoms with Crippen molar-refractivity contribution in [1.29, 1.82) is 0 Å². The lowest BCUT2D eigenvalue weighted by atomic mass is 10.2. The molecule has 136 valence electrons. The number of carbonyl (C=O) groups excluding carboxylic acids is 1. The summed E-state index contributed by atoms with van der Waals surface area (Å²) in [6.45, 7) is 8.90. The largest absolute Gasteiger partial charge is 0.444 e. The van der Waals surface area contributed by atoms with Gasteiger partial charge in [-0.05, 0) is 58.7 Å². The molecule has 0 saturated carbocycles. The molecule has 0 bridgehead atoms. The highest BCUT2D eigenvalue weighted by atomic mass is 16.6. The van der Waals surface area contributed by atoms with Gasteiger partial charge in [0, 0.05) is 25.2 Å². The second kappa shape index (κ2) is 8.65. The summed E-state index contributed by atoms with van der Waals surface area (Å²) in [5.41, 5.74) is 0.388. The summed E-state index contributed by atoms with van der Waals surface area (Å²) < 4.78 is 5.52. The molecular formula is C19H28N4O2. The lowest BCUT2D eigenvalue weighted by Gasteiger charge is -2.30. The smallest absolute Gasteiger partial charge is 0.410 e. The van der Waals surface area contributed by atoms with Crippen molar-refractivity contribution >= 4 is 18.4 Å². The van der Waals surface area contributed by atoms with Gasteiger partial charge >= 0.3 is 6.09 Å². The van der Waals surface area contributed by atoms with Gasteiger partial charge in [0.2, 0.25) is 0 Å². The Morgan fingerprint density at radius 1 is 1.48 bits per heavy atom. The zero-order valence-electron chi connectivity index (χ0n) is 15.6. The number of carbonyl (C=O) groups is 1. The van der Waals surface area contributed by atoms with Crippen LogP contribution in [0, 0.1) is 0 Å². The van der Waals surface area contributed by atoms with Gasteiger partial charge in [-0.25, -0.2) is 4.79 Å². The van der Waals surface area contributed by atoms with Crippen LogP contribution in [0.25, 0.3) is 6.08 Å².